The minimum atomic E-state index is -4.60. The van der Waals surface area contributed by atoms with Gasteiger partial charge in [0.05, 0.1) is 11.1 Å². The molecule has 2 amide bonds. The number of nitrogens with one attached hydrogen (secondary N) is 1. The van der Waals surface area contributed by atoms with Gasteiger partial charge >= 0.3 is 6.18 Å². The summed E-state index contributed by atoms with van der Waals surface area (Å²) in [5.74, 6) is -0.468. The molecule has 0 unspecified atom stereocenters. The molecule has 1 aliphatic carbocycles. The second-order valence-electron chi connectivity index (χ2n) is 8.89. The van der Waals surface area contributed by atoms with Gasteiger partial charge in [0.1, 0.15) is 0 Å². The zero-order chi connectivity index (χ0) is 25.3. The van der Waals surface area contributed by atoms with Crippen LogP contribution in [0.2, 0.25) is 0 Å². The Balaban J connectivity index is 1.19. The molecule has 1 aromatic heterocycles. The van der Waals surface area contributed by atoms with Gasteiger partial charge in [-0.3, -0.25) is 9.59 Å². The lowest BCUT2D eigenvalue weighted by Gasteiger charge is -2.35. The number of piperazine rings is 1. The van der Waals surface area contributed by atoms with Gasteiger partial charge in [-0.2, -0.15) is 13.2 Å². The molecule has 0 spiro atoms. The number of alkyl halides is 3. The molecule has 36 heavy (non-hydrogen) atoms. The zero-order valence-electron chi connectivity index (χ0n) is 19.4. The number of rotatable bonds is 4. The van der Waals surface area contributed by atoms with E-state index in [9.17, 15) is 22.8 Å². The van der Waals surface area contributed by atoms with E-state index in [1.807, 2.05) is 23.1 Å². The van der Waals surface area contributed by atoms with Crippen LogP contribution in [0.3, 0.4) is 0 Å². The predicted octanol–water partition coefficient (Wildman–Crippen LogP) is 4.20. The van der Waals surface area contributed by atoms with E-state index in [2.05, 4.69) is 15.5 Å². The van der Waals surface area contributed by atoms with Crippen LogP contribution in [-0.2, 0) is 19.0 Å². The third kappa shape index (κ3) is 4.89. The molecular weight excluding hydrogens is 471 g/mol. The Bertz CT molecular complexity index is 1290. The van der Waals surface area contributed by atoms with Gasteiger partial charge in [-0.1, -0.05) is 18.2 Å². The van der Waals surface area contributed by atoms with E-state index < -0.39 is 17.6 Å². The molecule has 2 heterocycles. The molecule has 1 saturated heterocycles. The number of halogens is 3. The Morgan fingerprint density at radius 1 is 0.861 bits per heavy atom. The lowest BCUT2D eigenvalue weighted by Crippen LogP contribution is -2.49. The third-order valence-corrected chi connectivity index (χ3v) is 6.59. The number of nitrogens with zero attached hydrogens (tertiary/aromatic N) is 4. The Kier molecular flexibility index (Phi) is 6.34. The SMILES string of the molecule is O=C(Nc1ccc2c(c1)CCC2)c1ccc(N2CCN(C(=O)c3ccccc3C(F)(F)F)CC2)nn1. The number of amides is 2. The van der Waals surface area contributed by atoms with Gasteiger partial charge in [-0.25, -0.2) is 0 Å². The number of hydrogen-bond donors (Lipinski definition) is 1. The fourth-order valence-electron chi connectivity index (χ4n) is 4.69. The van der Waals surface area contributed by atoms with Crippen LogP contribution >= 0.6 is 0 Å². The Labute approximate surface area is 205 Å². The van der Waals surface area contributed by atoms with Crippen molar-refractivity contribution in [1.29, 1.82) is 0 Å². The van der Waals surface area contributed by atoms with Gasteiger partial charge < -0.3 is 15.1 Å². The van der Waals surface area contributed by atoms with Crippen LogP contribution in [0, 0.1) is 0 Å². The number of aryl methyl sites for hydroxylation is 2. The second kappa shape index (κ2) is 9.60. The number of carbonyl (C=O) groups excluding carboxylic acids is 2. The maximum Gasteiger partial charge on any atom is 0.417 e. The quantitative estimate of drug-likeness (QED) is 0.587. The van der Waals surface area contributed by atoms with E-state index in [1.54, 1.807) is 12.1 Å². The van der Waals surface area contributed by atoms with Crippen LogP contribution in [0.15, 0.2) is 54.6 Å². The Morgan fingerprint density at radius 3 is 2.33 bits per heavy atom. The topological polar surface area (TPSA) is 78.4 Å². The summed E-state index contributed by atoms with van der Waals surface area (Å²) >= 11 is 0. The van der Waals surface area contributed by atoms with Crippen molar-refractivity contribution >= 4 is 23.3 Å². The number of benzene rings is 2. The monoisotopic (exact) mass is 495 g/mol. The highest BCUT2D eigenvalue weighted by Gasteiger charge is 2.36. The van der Waals surface area contributed by atoms with E-state index in [0.717, 1.165) is 31.0 Å². The number of aromatic nitrogens is 2. The minimum absolute atomic E-state index is 0.178. The molecule has 10 heteroatoms. The summed E-state index contributed by atoms with van der Waals surface area (Å²) in [7, 11) is 0. The van der Waals surface area contributed by atoms with Crippen molar-refractivity contribution in [2.75, 3.05) is 36.4 Å². The first-order chi connectivity index (χ1) is 17.3. The molecule has 1 fully saturated rings. The van der Waals surface area contributed by atoms with Gasteiger partial charge in [0.15, 0.2) is 11.5 Å². The zero-order valence-corrected chi connectivity index (χ0v) is 19.4. The lowest BCUT2D eigenvalue weighted by atomic mass is 10.1. The van der Waals surface area contributed by atoms with Crippen molar-refractivity contribution in [3.63, 3.8) is 0 Å². The van der Waals surface area contributed by atoms with E-state index in [0.29, 0.717) is 18.9 Å². The molecule has 0 radical (unpaired) electrons. The van der Waals surface area contributed by atoms with Crippen LogP contribution in [0.5, 0.6) is 0 Å². The summed E-state index contributed by atoms with van der Waals surface area (Å²) in [6.07, 6.45) is -1.39. The fraction of sp³-hybridized carbons (Fsp3) is 0.308. The normalized spacial score (nSPS) is 15.5. The summed E-state index contributed by atoms with van der Waals surface area (Å²) in [5, 5.41) is 11.1. The van der Waals surface area contributed by atoms with Crippen molar-refractivity contribution in [3.05, 3.63) is 82.5 Å². The molecule has 1 N–H and O–H groups in total. The van der Waals surface area contributed by atoms with Gasteiger partial charge in [0, 0.05) is 31.9 Å². The highest BCUT2D eigenvalue weighted by molar-refractivity contribution is 6.02. The van der Waals surface area contributed by atoms with E-state index >= 15 is 0 Å². The largest absolute Gasteiger partial charge is 0.417 e. The van der Waals surface area contributed by atoms with Gasteiger partial charge in [0.25, 0.3) is 11.8 Å². The maximum atomic E-state index is 13.3. The number of anilines is 2. The number of hydrogen-bond acceptors (Lipinski definition) is 5. The molecule has 186 valence electrons. The van der Waals surface area contributed by atoms with Gasteiger partial charge in [0.2, 0.25) is 0 Å². The van der Waals surface area contributed by atoms with Crippen molar-refractivity contribution < 1.29 is 22.8 Å². The summed E-state index contributed by atoms with van der Waals surface area (Å²) in [4.78, 5) is 28.7. The number of carbonyl (C=O) groups is 2. The first-order valence-corrected chi connectivity index (χ1v) is 11.8. The molecule has 3 aromatic rings. The average molecular weight is 496 g/mol. The van der Waals surface area contributed by atoms with Crippen LogP contribution in [0.1, 0.15) is 44.0 Å². The molecule has 2 aromatic carbocycles. The molecule has 1 aliphatic heterocycles. The molecule has 0 saturated carbocycles. The first-order valence-electron chi connectivity index (χ1n) is 11.8. The molecule has 0 atom stereocenters. The van der Waals surface area contributed by atoms with Crippen molar-refractivity contribution in [2.24, 2.45) is 0 Å². The van der Waals surface area contributed by atoms with Crippen molar-refractivity contribution in [2.45, 2.75) is 25.4 Å². The number of fused-ring (bicyclic) bond motifs is 1. The summed E-state index contributed by atoms with van der Waals surface area (Å²) in [5.41, 5.74) is 2.20. The molecule has 5 rings (SSSR count). The standard InChI is InChI=1S/C26H24F3N5O2/c27-26(28,29)21-7-2-1-6-20(21)25(36)34-14-12-33(13-15-34)23-11-10-22(31-32-23)24(35)30-19-9-8-17-4-3-5-18(17)16-19/h1-2,6-11,16H,3-5,12-15H2,(H,30,35). The van der Waals surface area contributed by atoms with Crippen LogP contribution in [0.4, 0.5) is 24.7 Å². The first kappa shape index (κ1) is 23.8. The van der Waals surface area contributed by atoms with Gasteiger partial charge in [-0.05, 0) is 66.8 Å². The van der Waals surface area contributed by atoms with Crippen LogP contribution in [-0.4, -0.2) is 53.1 Å². The van der Waals surface area contributed by atoms with Crippen molar-refractivity contribution in [1.82, 2.24) is 15.1 Å². The summed E-state index contributed by atoms with van der Waals surface area (Å²) < 4.78 is 39.9. The highest BCUT2D eigenvalue weighted by Crippen LogP contribution is 2.32. The smallest absolute Gasteiger partial charge is 0.352 e. The van der Waals surface area contributed by atoms with Crippen LogP contribution < -0.4 is 10.2 Å². The second-order valence-corrected chi connectivity index (χ2v) is 8.89. The average Bonchev–Trinajstić information content (AvgIpc) is 3.36. The molecule has 0 bridgehead atoms. The molecular formula is C26H24F3N5O2. The van der Waals surface area contributed by atoms with Crippen LogP contribution in [0.25, 0.3) is 0 Å². The summed E-state index contributed by atoms with van der Waals surface area (Å²) in [6, 6.07) is 14.0. The highest BCUT2D eigenvalue weighted by atomic mass is 19.4. The van der Waals surface area contributed by atoms with E-state index in [1.165, 1.54) is 34.2 Å². The predicted molar refractivity (Wildman–Crippen MR) is 128 cm³/mol. The summed E-state index contributed by atoms with van der Waals surface area (Å²) in [6.45, 7) is 1.26. The Hall–Kier alpha value is -3.95. The molecule has 2 aliphatic rings. The van der Waals surface area contributed by atoms with Crippen molar-refractivity contribution in [3.8, 4) is 0 Å². The molecule has 7 nitrogen and oxygen atoms in total. The van der Waals surface area contributed by atoms with Gasteiger partial charge in [-0.15, -0.1) is 10.2 Å². The lowest BCUT2D eigenvalue weighted by molar-refractivity contribution is -0.138. The fourth-order valence-corrected chi connectivity index (χ4v) is 4.69. The Morgan fingerprint density at radius 2 is 1.61 bits per heavy atom. The minimum Gasteiger partial charge on any atom is -0.352 e. The maximum absolute atomic E-state index is 13.3. The van der Waals surface area contributed by atoms with E-state index in [4.69, 9.17) is 0 Å². The third-order valence-electron chi connectivity index (χ3n) is 6.59. The van der Waals surface area contributed by atoms with E-state index in [-0.39, 0.29) is 30.3 Å².